The Kier molecular flexibility index (Phi) is 4.13. The van der Waals surface area contributed by atoms with Gasteiger partial charge >= 0.3 is 0 Å². The molecule has 0 aromatic heterocycles. The Balaban J connectivity index is 1.84. The highest BCUT2D eigenvalue weighted by Crippen LogP contribution is 2.31. The summed E-state index contributed by atoms with van der Waals surface area (Å²) in [4.78, 5) is 0. The smallest absolute Gasteiger partial charge is 0.133 e. The molecule has 1 N–H and O–H groups in total. The molecular formula is C17H17ClFNO. The first-order chi connectivity index (χ1) is 10.1. The number of aryl methyl sites for hydroxylation is 1. The van der Waals surface area contributed by atoms with Crippen molar-refractivity contribution < 1.29 is 9.13 Å². The topological polar surface area (TPSA) is 21.3 Å². The molecule has 0 amide bonds. The average molecular weight is 306 g/mol. The third kappa shape index (κ3) is 3.74. The van der Waals surface area contributed by atoms with E-state index in [1.807, 2.05) is 19.1 Å². The zero-order valence-electron chi connectivity index (χ0n) is 11.8. The summed E-state index contributed by atoms with van der Waals surface area (Å²) >= 11 is 6.06. The second-order valence-electron chi connectivity index (χ2n) is 5.42. The lowest BCUT2D eigenvalue weighted by molar-refractivity contribution is 0.464. The van der Waals surface area contributed by atoms with Crippen LogP contribution in [-0.2, 0) is 6.54 Å². The van der Waals surface area contributed by atoms with Crippen LogP contribution in [0.2, 0.25) is 5.02 Å². The summed E-state index contributed by atoms with van der Waals surface area (Å²) in [6.07, 6.45) is 2.44. The number of nitrogens with one attached hydrogen (secondary N) is 1. The first-order valence-corrected chi connectivity index (χ1v) is 7.45. The average Bonchev–Trinajstić information content (AvgIpc) is 3.27. The fourth-order valence-corrected chi connectivity index (χ4v) is 2.32. The van der Waals surface area contributed by atoms with Crippen molar-refractivity contribution in [1.82, 2.24) is 5.32 Å². The molecule has 3 rings (SSSR count). The molecule has 0 unspecified atom stereocenters. The van der Waals surface area contributed by atoms with Crippen molar-refractivity contribution in [2.75, 3.05) is 0 Å². The molecule has 2 aromatic rings. The quantitative estimate of drug-likeness (QED) is 0.854. The molecule has 0 atom stereocenters. The van der Waals surface area contributed by atoms with E-state index in [1.165, 1.54) is 25.0 Å². The van der Waals surface area contributed by atoms with E-state index >= 15 is 0 Å². The van der Waals surface area contributed by atoms with Gasteiger partial charge in [-0.25, -0.2) is 4.39 Å². The Labute approximate surface area is 128 Å². The van der Waals surface area contributed by atoms with Gasteiger partial charge in [-0.15, -0.1) is 0 Å². The third-order valence-electron chi connectivity index (χ3n) is 3.55. The van der Waals surface area contributed by atoms with Gasteiger partial charge < -0.3 is 10.1 Å². The molecule has 110 valence electrons. The maximum absolute atomic E-state index is 13.4. The van der Waals surface area contributed by atoms with Gasteiger partial charge in [0.05, 0.1) is 0 Å². The number of hydrogen-bond acceptors (Lipinski definition) is 2. The second kappa shape index (κ2) is 6.04. The Morgan fingerprint density at radius 3 is 2.76 bits per heavy atom. The van der Waals surface area contributed by atoms with Crippen LogP contribution in [0.25, 0.3) is 0 Å². The highest BCUT2D eigenvalue weighted by molar-refractivity contribution is 6.30. The number of ether oxygens (including phenoxy) is 1. The van der Waals surface area contributed by atoms with E-state index in [2.05, 4.69) is 5.32 Å². The summed E-state index contributed by atoms with van der Waals surface area (Å²) in [5, 5.41) is 4.11. The van der Waals surface area contributed by atoms with Crippen molar-refractivity contribution >= 4 is 11.6 Å². The molecule has 0 bridgehead atoms. The number of halogens is 2. The fourth-order valence-electron chi connectivity index (χ4n) is 2.13. The first kappa shape index (κ1) is 14.4. The largest absolute Gasteiger partial charge is 0.457 e. The van der Waals surface area contributed by atoms with E-state index in [1.54, 1.807) is 12.1 Å². The zero-order valence-corrected chi connectivity index (χ0v) is 12.6. The van der Waals surface area contributed by atoms with Gasteiger partial charge in [-0.1, -0.05) is 17.7 Å². The molecule has 2 aromatic carbocycles. The Morgan fingerprint density at radius 1 is 1.19 bits per heavy atom. The van der Waals surface area contributed by atoms with Gasteiger partial charge in [0, 0.05) is 29.2 Å². The normalized spacial score (nSPS) is 14.2. The predicted octanol–water partition coefficient (Wildman–Crippen LogP) is 4.83. The Bertz CT molecular complexity index is 655. The molecule has 0 saturated heterocycles. The SMILES string of the molecule is Cc1ccc(F)cc1Oc1ccc(Cl)cc1CNC1CC1. The fraction of sp³-hybridized carbons (Fsp3) is 0.294. The van der Waals surface area contributed by atoms with Gasteiger partial charge in [0.15, 0.2) is 0 Å². The van der Waals surface area contributed by atoms with Crippen molar-refractivity contribution in [1.29, 1.82) is 0 Å². The van der Waals surface area contributed by atoms with E-state index in [0.717, 1.165) is 11.1 Å². The summed E-state index contributed by atoms with van der Waals surface area (Å²) in [7, 11) is 0. The molecule has 0 aliphatic heterocycles. The second-order valence-corrected chi connectivity index (χ2v) is 5.86. The maximum atomic E-state index is 13.4. The van der Waals surface area contributed by atoms with Gasteiger partial charge in [-0.2, -0.15) is 0 Å². The van der Waals surface area contributed by atoms with Gasteiger partial charge in [0.1, 0.15) is 17.3 Å². The van der Waals surface area contributed by atoms with Crippen LogP contribution in [0, 0.1) is 12.7 Å². The molecule has 0 radical (unpaired) electrons. The zero-order chi connectivity index (χ0) is 14.8. The molecule has 1 aliphatic rings. The molecule has 2 nitrogen and oxygen atoms in total. The van der Waals surface area contributed by atoms with Gasteiger partial charge in [-0.05, 0) is 49.6 Å². The molecule has 0 spiro atoms. The van der Waals surface area contributed by atoms with Crippen LogP contribution in [0.3, 0.4) is 0 Å². The molecule has 21 heavy (non-hydrogen) atoms. The van der Waals surface area contributed by atoms with Crippen LogP contribution in [0.1, 0.15) is 24.0 Å². The van der Waals surface area contributed by atoms with Gasteiger partial charge in [0.2, 0.25) is 0 Å². The molecule has 4 heteroatoms. The predicted molar refractivity (Wildman–Crippen MR) is 82.5 cm³/mol. The van der Waals surface area contributed by atoms with E-state index in [-0.39, 0.29) is 5.82 Å². The number of benzene rings is 2. The van der Waals surface area contributed by atoms with Crippen LogP contribution in [0.5, 0.6) is 11.5 Å². The highest BCUT2D eigenvalue weighted by atomic mass is 35.5. The van der Waals surface area contributed by atoms with Crippen molar-refractivity contribution in [3.05, 3.63) is 58.4 Å². The lowest BCUT2D eigenvalue weighted by Gasteiger charge is -2.14. The summed E-state index contributed by atoms with van der Waals surface area (Å²) in [5.41, 5.74) is 1.88. The summed E-state index contributed by atoms with van der Waals surface area (Å²) in [6, 6.07) is 10.7. The van der Waals surface area contributed by atoms with Gasteiger partial charge in [0.25, 0.3) is 0 Å². The van der Waals surface area contributed by atoms with Crippen molar-refractivity contribution in [3.8, 4) is 11.5 Å². The van der Waals surface area contributed by atoms with E-state index < -0.39 is 0 Å². The van der Waals surface area contributed by atoms with Crippen LogP contribution < -0.4 is 10.1 Å². The molecule has 1 fully saturated rings. The molecule has 1 saturated carbocycles. The maximum Gasteiger partial charge on any atom is 0.133 e. The molecule has 0 heterocycles. The first-order valence-electron chi connectivity index (χ1n) is 7.07. The Morgan fingerprint density at radius 2 is 2.00 bits per heavy atom. The van der Waals surface area contributed by atoms with Crippen LogP contribution in [0.4, 0.5) is 4.39 Å². The lowest BCUT2D eigenvalue weighted by Crippen LogP contribution is -2.15. The van der Waals surface area contributed by atoms with Crippen molar-refractivity contribution in [2.45, 2.75) is 32.4 Å². The number of hydrogen-bond donors (Lipinski definition) is 1. The Hall–Kier alpha value is -1.58. The minimum absolute atomic E-state index is 0.304. The summed E-state index contributed by atoms with van der Waals surface area (Å²) in [6.45, 7) is 2.60. The monoisotopic (exact) mass is 305 g/mol. The minimum Gasteiger partial charge on any atom is -0.457 e. The summed E-state index contributed by atoms with van der Waals surface area (Å²) < 4.78 is 19.3. The van der Waals surface area contributed by atoms with E-state index in [4.69, 9.17) is 16.3 Å². The van der Waals surface area contributed by atoms with E-state index in [9.17, 15) is 4.39 Å². The third-order valence-corrected chi connectivity index (χ3v) is 3.79. The minimum atomic E-state index is -0.304. The van der Waals surface area contributed by atoms with Crippen LogP contribution in [-0.4, -0.2) is 6.04 Å². The molecule has 1 aliphatic carbocycles. The number of rotatable bonds is 5. The molecular weight excluding hydrogens is 289 g/mol. The summed E-state index contributed by atoms with van der Waals surface area (Å²) in [5.74, 6) is 0.938. The van der Waals surface area contributed by atoms with Crippen LogP contribution in [0.15, 0.2) is 36.4 Å². The van der Waals surface area contributed by atoms with Gasteiger partial charge in [-0.3, -0.25) is 0 Å². The standard InChI is InChI=1S/C17H17ClFNO/c1-11-2-4-14(19)9-17(11)21-16-7-3-13(18)8-12(16)10-20-15-5-6-15/h2-4,7-9,15,20H,5-6,10H2,1H3. The lowest BCUT2D eigenvalue weighted by atomic mass is 10.2. The van der Waals surface area contributed by atoms with Crippen molar-refractivity contribution in [3.63, 3.8) is 0 Å². The van der Waals surface area contributed by atoms with Crippen molar-refractivity contribution in [2.24, 2.45) is 0 Å². The van der Waals surface area contributed by atoms with E-state index in [0.29, 0.717) is 29.1 Å². The highest BCUT2D eigenvalue weighted by Gasteiger charge is 2.21. The van der Waals surface area contributed by atoms with Crippen LogP contribution >= 0.6 is 11.6 Å².